The summed E-state index contributed by atoms with van der Waals surface area (Å²) in [5, 5.41) is 8.96. The first-order chi connectivity index (χ1) is 8.40. The Morgan fingerprint density at radius 2 is 2.28 bits per heavy atom. The minimum atomic E-state index is -1.01. The van der Waals surface area contributed by atoms with Crippen molar-refractivity contribution in [2.24, 2.45) is 0 Å². The van der Waals surface area contributed by atoms with E-state index in [1.807, 2.05) is 0 Å². The molecule has 0 radical (unpaired) electrons. The fourth-order valence-corrected chi connectivity index (χ4v) is 2.21. The number of hydrogen-bond acceptors (Lipinski definition) is 4. The zero-order chi connectivity index (χ0) is 13.3. The van der Waals surface area contributed by atoms with Crippen LogP contribution < -0.4 is 0 Å². The Kier molecular flexibility index (Phi) is 3.45. The number of aryl methyl sites for hydroxylation is 1. The molecule has 5 heteroatoms. The lowest BCUT2D eigenvalue weighted by atomic mass is 10.0. The van der Waals surface area contributed by atoms with E-state index in [4.69, 9.17) is 14.3 Å². The lowest BCUT2D eigenvalue weighted by molar-refractivity contribution is -0.0578. The van der Waals surface area contributed by atoms with Gasteiger partial charge in [0.15, 0.2) is 0 Å². The third-order valence-corrected chi connectivity index (χ3v) is 3.33. The van der Waals surface area contributed by atoms with Gasteiger partial charge in [-0.25, -0.2) is 4.79 Å². The number of carbonyl (C=O) groups is 1. The SMILES string of the molecule is Cc1cc(CN2CCOCC2(C)C)oc1C(=O)O. The Labute approximate surface area is 106 Å². The Balaban J connectivity index is 2.13. The van der Waals surface area contributed by atoms with E-state index < -0.39 is 5.97 Å². The maximum absolute atomic E-state index is 10.9. The van der Waals surface area contributed by atoms with Gasteiger partial charge in [0.1, 0.15) is 5.76 Å². The van der Waals surface area contributed by atoms with E-state index in [0.717, 1.165) is 6.54 Å². The molecule has 1 aliphatic rings. The maximum atomic E-state index is 10.9. The molecule has 1 aromatic rings. The molecule has 0 spiro atoms. The zero-order valence-corrected chi connectivity index (χ0v) is 11.0. The maximum Gasteiger partial charge on any atom is 0.372 e. The number of carboxylic acids is 1. The molecular weight excluding hydrogens is 234 g/mol. The summed E-state index contributed by atoms with van der Waals surface area (Å²) in [5.41, 5.74) is 0.617. The molecule has 0 atom stereocenters. The van der Waals surface area contributed by atoms with E-state index in [9.17, 15) is 4.79 Å². The summed E-state index contributed by atoms with van der Waals surface area (Å²) in [6.45, 7) is 8.80. The molecule has 1 aliphatic heterocycles. The predicted molar refractivity (Wildman–Crippen MR) is 65.7 cm³/mol. The van der Waals surface area contributed by atoms with Gasteiger partial charge in [0.25, 0.3) is 0 Å². The molecule has 0 amide bonds. The van der Waals surface area contributed by atoms with Gasteiger partial charge >= 0.3 is 5.97 Å². The van der Waals surface area contributed by atoms with Crippen LogP contribution in [0, 0.1) is 6.92 Å². The van der Waals surface area contributed by atoms with Crippen molar-refractivity contribution in [1.29, 1.82) is 0 Å². The number of rotatable bonds is 3. The van der Waals surface area contributed by atoms with Gasteiger partial charge in [-0.1, -0.05) is 0 Å². The van der Waals surface area contributed by atoms with Gasteiger partial charge in [-0.15, -0.1) is 0 Å². The molecule has 0 bridgehead atoms. The van der Waals surface area contributed by atoms with Crippen molar-refractivity contribution in [1.82, 2.24) is 4.90 Å². The quantitative estimate of drug-likeness (QED) is 0.891. The highest BCUT2D eigenvalue weighted by molar-refractivity contribution is 5.86. The number of hydrogen-bond donors (Lipinski definition) is 1. The van der Waals surface area contributed by atoms with Crippen LogP contribution in [0.2, 0.25) is 0 Å². The van der Waals surface area contributed by atoms with E-state index in [-0.39, 0.29) is 11.3 Å². The number of morpholine rings is 1. The van der Waals surface area contributed by atoms with Crippen LogP contribution in [0.25, 0.3) is 0 Å². The second-order valence-corrected chi connectivity index (χ2v) is 5.32. The van der Waals surface area contributed by atoms with E-state index in [1.54, 1.807) is 13.0 Å². The lowest BCUT2D eigenvalue weighted by Gasteiger charge is -2.41. The molecule has 100 valence electrons. The first-order valence-electron chi connectivity index (χ1n) is 6.05. The van der Waals surface area contributed by atoms with Crippen molar-refractivity contribution in [2.75, 3.05) is 19.8 Å². The second kappa shape index (κ2) is 4.74. The molecule has 0 unspecified atom stereocenters. The van der Waals surface area contributed by atoms with E-state index in [2.05, 4.69) is 18.7 Å². The first kappa shape index (κ1) is 13.1. The third kappa shape index (κ3) is 2.57. The summed E-state index contributed by atoms with van der Waals surface area (Å²) in [6, 6.07) is 1.80. The normalized spacial score (nSPS) is 19.9. The molecule has 2 heterocycles. The molecule has 5 nitrogen and oxygen atoms in total. The summed E-state index contributed by atoms with van der Waals surface area (Å²) >= 11 is 0. The molecule has 0 saturated carbocycles. The fraction of sp³-hybridized carbons (Fsp3) is 0.615. The van der Waals surface area contributed by atoms with Crippen molar-refractivity contribution in [3.8, 4) is 0 Å². The second-order valence-electron chi connectivity index (χ2n) is 5.32. The highest BCUT2D eigenvalue weighted by atomic mass is 16.5. The minimum absolute atomic E-state index is 0.0380. The minimum Gasteiger partial charge on any atom is -0.475 e. The number of aromatic carboxylic acids is 1. The fourth-order valence-electron chi connectivity index (χ4n) is 2.21. The number of furan rings is 1. The summed E-state index contributed by atoms with van der Waals surface area (Å²) in [6.07, 6.45) is 0. The molecule has 18 heavy (non-hydrogen) atoms. The molecule has 1 fully saturated rings. The monoisotopic (exact) mass is 253 g/mol. The average Bonchev–Trinajstić information content (AvgIpc) is 2.63. The highest BCUT2D eigenvalue weighted by Gasteiger charge is 2.31. The van der Waals surface area contributed by atoms with Crippen LogP contribution in [0.3, 0.4) is 0 Å². The highest BCUT2D eigenvalue weighted by Crippen LogP contribution is 2.23. The third-order valence-electron chi connectivity index (χ3n) is 3.33. The van der Waals surface area contributed by atoms with Crippen molar-refractivity contribution in [3.05, 3.63) is 23.2 Å². The zero-order valence-electron chi connectivity index (χ0n) is 11.0. The molecule has 0 aliphatic carbocycles. The van der Waals surface area contributed by atoms with E-state index in [0.29, 0.717) is 31.1 Å². The largest absolute Gasteiger partial charge is 0.475 e. The standard InChI is InChI=1S/C13H19NO4/c1-9-6-10(18-11(9)12(15)16)7-14-4-5-17-8-13(14,2)3/h6H,4-5,7-8H2,1-3H3,(H,15,16). The van der Waals surface area contributed by atoms with E-state index >= 15 is 0 Å². The Morgan fingerprint density at radius 3 is 2.83 bits per heavy atom. The summed E-state index contributed by atoms with van der Waals surface area (Å²) < 4.78 is 10.8. The van der Waals surface area contributed by atoms with Gasteiger partial charge in [-0.2, -0.15) is 0 Å². The van der Waals surface area contributed by atoms with Gasteiger partial charge in [0.2, 0.25) is 5.76 Å². The smallest absolute Gasteiger partial charge is 0.372 e. The summed E-state index contributed by atoms with van der Waals surface area (Å²) in [7, 11) is 0. The number of nitrogens with zero attached hydrogens (tertiary/aromatic N) is 1. The Bertz CT molecular complexity index is 450. The number of carboxylic acid groups (broad SMARTS) is 1. The van der Waals surface area contributed by atoms with Gasteiger partial charge in [-0.3, -0.25) is 4.90 Å². The van der Waals surface area contributed by atoms with Crippen LogP contribution in [0.15, 0.2) is 10.5 Å². The van der Waals surface area contributed by atoms with Crippen LogP contribution in [-0.2, 0) is 11.3 Å². The first-order valence-corrected chi connectivity index (χ1v) is 6.05. The van der Waals surface area contributed by atoms with Crippen LogP contribution in [0.5, 0.6) is 0 Å². The topological polar surface area (TPSA) is 62.9 Å². The van der Waals surface area contributed by atoms with Crippen molar-refractivity contribution < 1.29 is 19.1 Å². The van der Waals surface area contributed by atoms with Crippen molar-refractivity contribution in [2.45, 2.75) is 32.9 Å². The average molecular weight is 253 g/mol. The Morgan fingerprint density at radius 1 is 1.56 bits per heavy atom. The van der Waals surface area contributed by atoms with Gasteiger partial charge in [-0.05, 0) is 26.8 Å². The molecule has 1 saturated heterocycles. The molecular formula is C13H19NO4. The molecule has 2 rings (SSSR count). The van der Waals surface area contributed by atoms with Crippen LogP contribution >= 0.6 is 0 Å². The molecule has 1 N–H and O–H groups in total. The Hall–Kier alpha value is -1.33. The van der Waals surface area contributed by atoms with Gasteiger partial charge in [0, 0.05) is 17.6 Å². The van der Waals surface area contributed by atoms with Gasteiger partial charge in [0.05, 0.1) is 19.8 Å². The molecule has 0 aromatic carbocycles. The van der Waals surface area contributed by atoms with Crippen LogP contribution in [0.4, 0.5) is 0 Å². The van der Waals surface area contributed by atoms with Crippen molar-refractivity contribution >= 4 is 5.97 Å². The summed E-state index contributed by atoms with van der Waals surface area (Å²) in [5.74, 6) is -0.282. The predicted octanol–water partition coefficient (Wildman–Crippen LogP) is 1.90. The van der Waals surface area contributed by atoms with Crippen LogP contribution in [-0.4, -0.2) is 41.3 Å². The molecule has 1 aromatic heterocycles. The van der Waals surface area contributed by atoms with E-state index in [1.165, 1.54) is 0 Å². The lowest BCUT2D eigenvalue weighted by Crippen LogP contribution is -2.52. The summed E-state index contributed by atoms with van der Waals surface area (Å²) in [4.78, 5) is 13.2. The van der Waals surface area contributed by atoms with Gasteiger partial charge < -0.3 is 14.3 Å². The van der Waals surface area contributed by atoms with Crippen LogP contribution in [0.1, 0.15) is 35.7 Å². The number of ether oxygens (including phenoxy) is 1. The van der Waals surface area contributed by atoms with Crippen molar-refractivity contribution in [3.63, 3.8) is 0 Å².